The Morgan fingerprint density at radius 1 is 1.39 bits per heavy atom. The van der Waals surface area contributed by atoms with Crippen molar-refractivity contribution in [2.75, 3.05) is 0 Å². The fourth-order valence-electron chi connectivity index (χ4n) is 3.40. The number of hydrogen-bond donors (Lipinski definition) is 2. The summed E-state index contributed by atoms with van der Waals surface area (Å²) in [6.45, 7) is 2.29. The summed E-state index contributed by atoms with van der Waals surface area (Å²) in [4.78, 5) is 20.2. The van der Waals surface area contributed by atoms with E-state index in [1.54, 1.807) is 24.1 Å². The van der Waals surface area contributed by atoms with E-state index >= 15 is 0 Å². The summed E-state index contributed by atoms with van der Waals surface area (Å²) < 4.78 is 2.51. The predicted molar refractivity (Wildman–Crippen MR) is 87.0 cm³/mol. The molecule has 0 bridgehead atoms. The highest BCUT2D eigenvalue weighted by Gasteiger charge is 2.42. The molecule has 7 nitrogen and oxygen atoms in total. The third-order valence-corrected chi connectivity index (χ3v) is 5.66. The van der Waals surface area contributed by atoms with Crippen LogP contribution in [0.4, 0.5) is 5.69 Å². The van der Waals surface area contributed by atoms with Crippen molar-refractivity contribution in [1.82, 2.24) is 9.79 Å². The minimum Gasteiger partial charge on any atom is -0.289 e. The van der Waals surface area contributed by atoms with E-state index in [1.165, 1.54) is 31.2 Å². The Bertz CT molecular complexity index is 540. The van der Waals surface area contributed by atoms with Gasteiger partial charge in [0, 0.05) is 29.1 Å². The molecule has 1 amide bonds. The van der Waals surface area contributed by atoms with Crippen molar-refractivity contribution in [3.05, 3.63) is 34.4 Å². The van der Waals surface area contributed by atoms with Gasteiger partial charge in [0.1, 0.15) is 0 Å². The number of nitro groups is 1. The summed E-state index contributed by atoms with van der Waals surface area (Å²) in [5.74, 6) is 0.862. The molecule has 1 saturated carbocycles. The second-order valence-electron chi connectivity index (χ2n) is 5.79. The van der Waals surface area contributed by atoms with Crippen LogP contribution >= 0.6 is 11.9 Å². The van der Waals surface area contributed by atoms with E-state index in [0.717, 1.165) is 10.8 Å². The van der Waals surface area contributed by atoms with Crippen LogP contribution in [-0.2, 0) is 4.79 Å². The molecule has 0 aromatic heterocycles. The molecule has 1 aromatic rings. The van der Waals surface area contributed by atoms with Gasteiger partial charge in [-0.05, 0) is 56.2 Å². The quantitative estimate of drug-likeness (QED) is 0.288. The lowest BCUT2D eigenvalue weighted by atomic mass is 10.0. The number of nitrogens with zero attached hydrogens (tertiary/aromatic N) is 2. The van der Waals surface area contributed by atoms with Gasteiger partial charge < -0.3 is 0 Å². The summed E-state index contributed by atoms with van der Waals surface area (Å²) in [7, 11) is 0. The van der Waals surface area contributed by atoms with Crippen LogP contribution in [0.1, 0.15) is 32.6 Å². The van der Waals surface area contributed by atoms with Crippen LogP contribution in [-0.4, -0.2) is 32.9 Å². The van der Waals surface area contributed by atoms with Crippen molar-refractivity contribution in [2.24, 2.45) is 5.92 Å². The first-order valence-corrected chi connectivity index (χ1v) is 8.38. The molecule has 1 aromatic carbocycles. The minimum atomic E-state index is -0.347. The number of nitrogens with one attached hydrogen (secondary N) is 1. The third kappa shape index (κ3) is 4.43. The molecule has 23 heavy (non-hydrogen) atoms. The smallest absolute Gasteiger partial charge is 0.269 e. The number of amides is 1. The van der Waals surface area contributed by atoms with Gasteiger partial charge >= 0.3 is 0 Å². The average molecular weight is 339 g/mol. The maximum atomic E-state index is 10.6. The Morgan fingerprint density at radius 2 is 2.04 bits per heavy atom. The summed E-state index contributed by atoms with van der Waals surface area (Å²) in [6, 6.07) is 8.21. The van der Waals surface area contributed by atoms with Crippen LogP contribution in [0.5, 0.6) is 0 Å². The summed E-state index contributed by atoms with van der Waals surface area (Å²) in [5.41, 5.74) is 1.41. The lowest BCUT2D eigenvalue weighted by Gasteiger charge is -2.26. The number of carbonyl (C=O) groups excluding carboxylic acids is 1. The molecular weight excluding hydrogens is 318 g/mol. The zero-order chi connectivity index (χ0) is 16.8. The van der Waals surface area contributed by atoms with Gasteiger partial charge in [-0.15, -0.1) is 0 Å². The van der Waals surface area contributed by atoms with E-state index in [-0.39, 0.29) is 17.0 Å². The number of carbonyl (C=O) groups is 1. The van der Waals surface area contributed by atoms with E-state index < -0.39 is 0 Å². The Kier molecular flexibility index (Phi) is 6.37. The first kappa shape index (κ1) is 17.7. The van der Waals surface area contributed by atoms with Crippen LogP contribution in [0.25, 0.3) is 0 Å². The predicted octanol–water partition coefficient (Wildman–Crippen LogP) is 2.99. The molecule has 3 rings (SSSR count). The van der Waals surface area contributed by atoms with Gasteiger partial charge in [0.25, 0.3) is 5.69 Å². The van der Waals surface area contributed by atoms with Crippen LogP contribution in [0, 0.1) is 16.0 Å². The SMILES string of the molecule is CC1CC2CCCC2N1Sc1ccc([N+](=O)[O-])cc1.O=CNO. The average Bonchev–Trinajstić information content (AvgIpc) is 3.11. The van der Waals surface area contributed by atoms with Crippen LogP contribution < -0.4 is 5.48 Å². The van der Waals surface area contributed by atoms with Gasteiger partial charge in [0.15, 0.2) is 0 Å². The van der Waals surface area contributed by atoms with Crippen LogP contribution in [0.3, 0.4) is 0 Å². The second-order valence-corrected chi connectivity index (χ2v) is 6.87. The minimum absolute atomic E-state index is 0.164. The first-order chi connectivity index (χ1) is 11.1. The molecule has 1 aliphatic carbocycles. The lowest BCUT2D eigenvalue weighted by Crippen LogP contribution is -2.27. The molecular formula is C15H21N3O4S. The Labute approximate surface area is 139 Å². The molecule has 0 spiro atoms. The maximum Gasteiger partial charge on any atom is 0.269 e. The Balaban J connectivity index is 0.000000433. The highest BCUT2D eigenvalue weighted by atomic mass is 32.2. The van der Waals surface area contributed by atoms with E-state index in [9.17, 15) is 10.1 Å². The highest BCUT2D eigenvalue weighted by Crippen LogP contribution is 2.46. The molecule has 2 aliphatic rings. The number of hydrogen-bond acceptors (Lipinski definition) is 6. The van der Waals surface area contributed by atoms with Crippen molar-refractivity contribution < 1.29 is 14.9 Å². The van der Waals surface area contributed by atoms with Crippen LogP contribution in [0.2, 0.25) is 0 Å². The largest absolute Gasteiger partial charge is 0.289 e. The number of fused-ring (bicyclic) bond motifs is 1. The lowest BCUT2D eigenvalue weighted by molar-refractivity contribution is -0.384. The molecule has 3 atom stereocenters. The molecule has 1 heterocycles. The summed E-state index contributed by atoms with van der Waals surface area (Å²) in [5, 5.41) is 17.9. The summed E-state index contributed by atoms with van der Waals surface area (Å²) >= 11 is 1.77. The molecule has 1 aliphatic heterocycles. The maximum absolute atomic E-state index is 10.6. The van der Waals surface area contributed by atoms with E-state index in [0.29, 0.717) is 12.1 Å². The zero-order valence-corrected chi connectivity index (χ0v) is 13.7. The van der Waals surface area contributed by atoms with Crippen molar-refractivity contribution in [3.63, 3.8) is 0 Å². The molecule has 0 radical (unpaired) electrons. The monoisotopic (exact) mass is 339 g/mol. The van der Waals surface area contributed by atoms with E-state index in [2.05, 4.69) is 11.2 Å². The fraction of sp³-hybridized carbons (Fsp3) is 0.533. The van der Waals surface area contributed by atoms with Gasteiger partial charge in [0.2, 0.25) is 6.41 Å². The number of hydroxylamine groups is 1. The van der Waals surface area contributed by atoms with Gasteiger partial charge in [-0.2, -0.15) is 0 Å². The zero-order valence-electron chi connectivity index (χ0n) is 12.9. The highest BCUT2D eigenvalue weighted by molar-refractivity contribution is 7.97. The fourth-order valence-corrected chi connectivity index (χ4v) is 4.58. The van der Waals surface area contributed by atoms with Crippen molar-refractivity contribution in [3.8, 4) is 0 Å². The number of nitro benzene ring substituents is 1. The van der Waals surface area contributed by atoms with Crippen LogP contribution in [0.15, 0.2) is 29.2 Å². The van der Waals surface area contributed by atoms with Crippen molar-refractivity contribution in [1.29, 1.82) is 0 Å². The third-order valence-electron chi connectivity index (χ3n) is 4.34. The molecule has 126 valence electrons. The molecule has 3 unspecified atom stereocenters. The normalized spacial score (nSPS) is 26.1. The molecule has 8 heteroatoms. The first-order valence-electron chi connectivity index (χ1n) is 7.60. The topological polar surface area (TPSA) is 95.7 Å². The van der Waals surface area contributed by atoms with Crippen molar-refractivity contribution in [2.45, 2.75) is 49.6 Å². The number of benzene rings is 1. The van der Waals surface area contributed by atoms with E-state index in [4.69, 9.17) is 10.0 Å². The molecule has 2 N–H and O–H groups in total. The van der Waals surface area contributed by atoms with Crippen molar-refractivity contribution >= 4 is 24.0 Å². The Hall–Kier alpha value is -1.64. The second kappa shape index (κ2) is 8.28. The molecule has 1 saturated heterocycles. The number of rotatable bonds is 4. The van der Waals surface area contributed by atoms with E-state index in [1.807, 2.05) is 12.1 Å². The van der Waals surface area contributed by atoms with Gasteiger partial charge in [-0.1, -0.05) is 6.42 Å². The summed E-state index contributed by atoms with van der Waals surface area (Å²) in [6.07, 6.45) is 5.49. The number of non-ortho nitro benzene ring substituents is 1. The molecule has 2 fully saturated rings. The van der Waals surface area contributed by atoms with Gasteiger partial charge in [0.05, 0.1) is 4.92 Å². The standard InChI is InChI=1S/C14H18N2O2S.CH3NO2/c1-10-9-11-3-2-4-14(11)15(10)19-13-7-5-12(6-8-13)16(17)18;3-1-2-4/h5-8,10-11,14H,2-4,9H2,1H3;1,4H,(H,2,3). The Morgan fingerprint density at radius 3 is 2.61 bits per heavy atom. The van der Waals surface area contributed by atoms with Gasteiger partial charge in [-0.3, -0.25) is 20.1 Å². The van der Waals surface area contributed by atoms with Gasteiger partial charge in [-0.25, -0.2) is 9.79 Å².